The number of thiazole rings is 1. The first-order valence-electron chi connectivity index (χ1n) is 7.89. The van der Waals surface area contributed by atoms with Crippen LogP contribution < -0.4 is 5.32 Å². The number of anilines is 1. The van der Waals surface area contributed by atoms with E-state index in [1.807, 2.05) is 0 Å². The first-order valence-corrected chi connectivity index (χ1v) is 8.71. The van der Waals surface area contributed by atoms with Crippen molar-refractivity contribution in [1.29, 1.82) is 0 Å². The van der Waals surface area contributed by atoms with Crippen LogP contribution in [-0.4, -0.2) is 46.6 Å². The number of aliphatic carboxylic acids is 1. The molecule has 1 saturated carbocycles. The molecule has 0 spiro atoms. The minimum Gasteiger partial charge on any atom is -0.481 e. The highest BCUT2D eigenvalue weighted by molar-refractivity contribution is 7.15. The number of likely N-dealkylation sites (N-methyl/N-ethyl adjacent to an activating group) is 1. The molecule has 1 heterocycles. The fourth-order valence-electron chi connectivity index (χ4n) is 3.08. The standard InChI is InChI=1S/C15H23N3O2S/c1-2-18(10-6-7-10)9-8-16-15-17-13-11(14(19)20)4-3-5-12(13)21-15/h10-11H,2-9H2,1H3,(H,16,17)(H,19,20). The van der Waals surface area contributed by atoms with Crippen LogP contribution in [0.25, 0.3) is 0 Å². The van der Waals surface area contributed by atoms with E-state index in [9.17, 15) is 9.90 Å². The van der Waals surface area contributed by atoms with Crippen molar-refractivity contribution in [3.63, 3.8) is 0 Å². The van der Waals surface area contributed by atoms with Gasteiger partial charge in [-0.1, -0.05) is 6.92 Å². The molecule has 0 aliphatic heterocycles. The second-order valence-electron chi connectivity index (χ2n) is 5.90. The molecule has 3 rings (SSSR count). The van der Waals surface area contributed by atoms with Crippen LogP contribution >= 0.6 is 11.3 Å². The van der Waals surface area contributed by atoms with Gasteiger partial charge in [-0.2, -0.15) is 0 Å². The zero-order chi connectivity index (χ0) is 14.8. The van der Waals surface area contributed by atoms with Crippen LogP contribution in [0.1, 0.15) is 49.1 Å². The lowest BCUT2D eigenvalue weighted by molar-refractivity contribution is -0.139. The molecule has 0 saturated heterocycles. The van der Waals surface area contributed by atoms with Crippen molar-refractivity contribution in [3.05, 3.63) is 10.6 Å². The Hall–Kier alpha value is -1.14. The number of aryl methyl sites for hydroxylation is 1. The SMILES string of the molecule is CCN(CCNc1nc2c(s1)CCCC2C(=O)O)C1CC1. The summed E-state index contributed by atoms with van der Waals surface area (Å²) in [6.07, 6.45) is 5.31. The van der Waals surface area contributed by atoms with E-state index < -0.39 is 11.9 Å². The summed E-state index contributed by atoms with van der Waals surface area (Å²) >= 11 is 1.64. The zero-order valence-corrected chi connectivity index (χ0v) is 13.3. The molecule has 2 aliphatic rings. The minimum atomic E-state index is -0.737. The molecule has 5 nitrogen and oxygen atoms in total. The van der Waals surface area contributed by atoms with Crippen LogP contribution in [0, 0.1) is 0 Å². The highest BCUT2D eigenvalue weighted by Gasteiger charge is 2.30. The molecule has 21 heavy (non-hydrogen) atoms. The van der Waals surface area contributed by atoms with Crippen molar-refractivity contribution in [2.45, 2.75) is 51.0 Å². The average Bonchev–Trinajstić information content (AvgIpc) is 3.22. The summed E-state index contributed by atoms with van der Waals surface area (Å²) in [5.74, 6) is -1.14. The molecular weight excluding hydrogens is 286 g/mol. The summed E-state index contributed by atoms with van der Waals surface area (Å²) in [6, 6.07) is 0.790. The molecular formula is C15H23N3O2S. The molecule has 6 heteroatoms. The Bertz CT molecular complexity index is 513. The highest BCUT2D eigenvalue weighted by Crippen LogP contribution is 2.36. The van der Waals surface area contributed by atoms with E-state index in [1.54, 1.807) is 11.3 Å². The van der Waals surface area contributed by atoms with Gasteiger partial charge < -0.3 is 10.4 Å². The molecule has 1 unspecified atom stereocenters. The topological polar surface area (TPSA) is 65.5 Å². The Labute approximate surface area is 129 Å². The number of nitrogens with zero attached hydrogens (tertiary/aromatic N) is 2. The van der Waals surface area contributed by atoms with E-state index in [0.29, 0.717) is 0 Å². The number of hydrogen-bond donors (Lipinski definition) is 2. The summed E-state index contributed by atoms with van der Waals surface area (Å²) in [4.78, 5) is 19.5. The fraction of sp³-hybridized carbons (Fsp3) is 0.733. The molecule has 0 bridgehead atoms. The summed E-state index contributed by atoms with van der Waals surface area (Å²) in [5.41, 5.74) is 0.802. The Balaban J connectivity index is 1.58. The van der Waals surface area contributed by atoms with Gasteiger partial charge in [-0.25, -0.2) is 4.98 Å². The van der Waals surface area contributed by atoms with E-state index in [4.69, 9.17) is 0 Å². The van der Waals surface area contributed by atoms with E-state index in [0.717, 1.165) is 60.6 Å². The summed E-state index contributed by atoms with van der Waals surface area (Å²) < 4.78 is 0. The van der Waals surface area contributed by atoms with Gasteiger partial charge in [0.1, 0.15) is 5.92 Å². The van der Waals surface area contributed by atoms with Gasteiger partial charge in [0.05, 0.1) is 5.69 Å². The third-order valence-electron chi connectivity index (χ3n) is 4.40. The van der Waals surface area contributed by atoms with Gasteiger partial charge in [0, 0.05) is 24.0 Å². The van der Waals surface area contributed by atoms with Crippen molar-refractivity contribution in [2.24, 2.45) is 0 Å². The molecule has 1 aromatic heterocycles. The van der Waals surface area contributed by atoms with Gasteiger partial charge >= 0.3 is 5.97 Å². The monoisotopic (exact) mass is 309 g/mol. The smallest absolute Gasteiger partial charge is 0.312 e. The number of carbonyl (C=O) groups is 1. The van der Waals surface area contributed by atoms with Gasteiger partial charge in [-0.15, -0.1) is 11.3 Å². The van der Waals surface area contributed by atoms with E-state index in [2.05, 4.69) is 22.1 Å². The predicted octanol–water partition coefficient (Wildman–Crippen LogP) is 2.54. The van der Waals surface area contributed by atoms with Gasteiger partial charge in [0.2, 0.25) is 0 Å². The van der Waals surface area contributed by atoms with Gasteiger partial charge in [0.15, 0.2) is 5.13 Å². The predicted molar refractivity (Wildman–Crippen MR) is 84.2 cm³/mol. The maximum Gasteiger partial charge on any atom is 0.312 e. The van der Waals surface area contributed by atoms with Crippen molar-refractivity contribution < 1.29 is 9.90 Å². The molecule has 1 atom stereocenters. The third kappa shape index (κ3) is 3.37. The quantitative estimate of drug-likeness (QED) is 0.810. The van der Waals surface area contributed by atoms with Gasteiger partial charge in [-0.05, 0) is 38.6 Å². The van der Waals surface area contributed by atoms with Gasteiger partial charge in [-0.3, -0.25) is 9.69 Å². The number of hydrogen-bond acceptors (Lipinski definition) is 5. The third-order valence-corrected chi connectivity index (χ3v) is 5.49. The van der Waals surface area contributed by atoms with Crippen LogP contribution in [0.4, 0.5) is 5.13 Å². The van der Waals surface area contributed by atoms with Gasteiger partial charge in [0.25, 0.3) is 0 Å². The first-order chi connectivity index (χ1) is 10.2. The lowest BCUT2D eigenvalue weighted by atomic mass is 9.91. The first kappa shape index (κ1) is 14.8. The normalized spacial score (nSPS) is 21.3. The second kappa shape index (κ2) is 6.32. The van der Waals surface area contributed by atoms with Crippen LogP contribution in [0.15, 0.2) is 0 Å². The molecule has 2 N–H and O–H groups in total. The number of rotatable bonds is 7. The summed E-state index contributed by atoms with van der Waals surface area (Å²) in [6.45, 7) is 5.22. The lowest BCUT2D eigenvalue weighted by Gasteiger charge is -2.19. The number of fused-ring (bicyclic) bond motifs is 1. The maximum atomic E-state index is 11.3. The summed E-state index contributed by atoms with van der Waals surface area (Å²) in [5, 5.41) is 13.6. The van der Waals surface area contributed by atoms with Crippen LogP contribution in [0.3, 0.4) is 0 Å². The molecule has 0 radical (unpaired) electrons. The van der Waals surface area contributed by atoms with Crippen LogP contribution in [-0.2, 0) is 11.2 Å². The second-order valence-corrected chi connectivity index (χ2v) is 6.98. The Morgan fingerprint density at radius 2 is 2.29 bits per heavy atom. The van der Waals surface area contributed by atoms with E-state index in [-0.39, 0.29) is 0 Å². The average molecular weight is 309 g/mol. The number of carboxylic acids is 1. The number of aromatic nitrogens is 1. The van der Waals surface area contributed by atoms with Crippen molar-refractivity contribution in [2.75, 3.05) is 25.0 Å². The molecule has 116 valence electrons. The van der Waals surface area contributed by atoms with E-state index >= 15 is 0 Å². The lowest BCUT2D eigenvalue weighted by Crippen LogP contribution is -2.30. The van der Waals surface area contributed by atoms with Crippen molar-refractivity contribution in [1.82, 2.24) is 9.88 Å². The molecule has 0 aromatic carbocycles. The Morgan fingerprint density at radius 3 is 2.95 bits per heavy atom. The summed E-state index contributed by atoms with van der Waals surface area (Å²) in [7, 11) is 0. The van der Waals surface area contributed by atoms with Crippen molar-refractivity contribution >= 4 is 22.4 Å². The minimum absolute atomic E-state index is 0.404. The Kier molecular flexibility index (Phi) is 4.45. The molecule has 1 fully saturated rings. The fourth-order valence-corrected chi connectivity index (χ4v) is 4.17. The van der Waals surface area contributed by atoms with Crippen LogP contribution in [0.5, 0.6) is 0 Å². The largest absolute Gasteiger partial charge is 0.481 e. The molecule has 1 aromatic rings. The highest BCUT2D eigenvalue weighted by atomic mass is 32.1. The maximum absolute atomic E-state index is 11.3. The number of carboxylic acid groups (broad SMARTS) is 1. The Morgan fingerprint density at radius 1 is 1.48 bits per heavy atom. The van der Waals surface area contributed by atoms with E-state index in [1.165, 1.54) is 12.8 Å². The molecule has 0 amide bonds. The van der Waals surface area contributed by atoms with Crippen molar-refractivity contribution in [3.8, 4) is 0 Å². The molecule has 2 aliphatic carbocycles. The zero-order valence-electron chi connectivity index (χ0n) is 12.5. The van der Waals surface area contributed by atoms with Crippen LogP contribution in [0.2, 0.25) is 0 Å². The number of nitrogens with one attached hydrogen (secondary N) is 1.